The molecule has 0 unspecified atom stereocenters. The molecule has 0 amide bonds. The highest BCUT2D eigenvalue weighted by atomic mass is 32.2. The van der Waals surface area contributed by atoms with Crippen molar-refractivity contribution in [2.75, 3.05) is 11.8 Å². The van der Waals surface area contributed by atoms with Crippen LogP contribution in [0.4, 0.5) is 5.69 Å². The number of aromatic nitrogens is 2. The van der Waals surface area contributed by atoms with Gasteiger partial charge in [0.1, 0.15) is 10.6 Å². The van der Waals surface area contributed by atoms with Crippen molar-refractivity contribution >= 4 is 28.3 Å². The third-order valence-electron chi connectivity index (χ3n) is 2.55. The van der Waals surface area contributed by atoms with Gasteiger partial charge in [-0.2, -0.15) is 0 Å². The number of sulfonamides is 1. The van der Waals surface area contributed by atoms with Crippen LogP contribution in [0, 0.1) is 0 Å². The minimum atomic E-state index is -3.88. The summed E-state index contributed by atoms with van der Waals surface area (Å²) in [4.78, 5) is 7.51. The van der Waals surface area contributed by atoms with Crippen LogP contribution in [0.3, 0.4) is 0 Å². The van der Waals surface area contributed by atoms with E-state index in [1.807, 2.05) is 0 Å². The number of nitrogens with one attached hydrogen (secondary N) is 1. The number of rotatable bonds is 5. The number of hydrogen-bond donors (Lipinski definition) is 3. The summed E-state index contributed by atoms with van der Waals surface area (Å²) in [6.07, 6.45) is 3.81. The molecule has 0 aliphatic rings. The number of pyridine rings is 2. The summed E-state index contributed by atoms with van der Waals surface area (Å²) in [5.74, 6) is 0.00636. The van der Waals surface area contributed by atoms with Crippen LogP contribution in [0.5, 0.6) is 5.88 Å². The summed E-state index contributed by atoms with van der Waals surface area (Å²) >= 11 is 0. The highest BCUT2D eigenvalue weighted by Gasteiger charge is 2.20. The molecule has 2 aromatic rings. The van der Waals surface area contributed by atoms with E-state index < -0.39 is 17.1 Å². The van der Waals surface area contributed by atoms with Crippen LogP contribution in [0.1, 0.15) is 0 Å². The van der Waals surface area contributed by atoms with E-state index in [2.05, 4.69) is 14.7 Å². The van der Waals surface area contributed by atoms with Gasteiger partial charge in [0, 0.05) is 24.1 Å². The molecule has 0 radical (unpaired) electrons. The third kappa shape index (κ3) is 3.48. The van der Waals surface area contributed by atoms with Gasteiger partial charge in [0.25, 0.3) is 10.0 Å². The van der Waals surface area contributed by atoms with Crippen LogP contribution in [-0.4, -0.2) is 42.7 Å². The second-order valence-corrected chi connectivity index (χ2v) is 5.68. The van der Waals surface area contributed by atoms with Crippen molar-refractivity contribution in [1.29, 1.82) is 0 Å². The Bertz CT molecular complexity index is 724. The molecule has 0 spiro atoms. The van der Waals surface area contributed by atoms with Crippen molar-refractivity contribution in [2.24, 2.45) is 0 Å². The molecule has 0 bridgehead atoms. The maximum Gasteiger partial charge on any atom is 0.490 e. The van der Waals surface area contributed by atoms with Gasteiger partial charge in [-0.3, -0.25) is 9.71 Å². The zero-order valence-electron chi connectivity index (χ0n) is 11.0. The Kier molecular flexibility index (Phi) is 4.41. The quantitative estimate of drug-likeness (QED) is 0.603. The first-order valence-electron chi connectivity index (χ1n) is 5.77. The molecule has 2 rings (SSSR count). The SMILES string of the molecule is COc1ncc(B(O)O)cc1NS(=O)(=O)c1cccnc1. The zero-order chi connectivity index (χ0) is 15.5. The van der Waals surface area contributed by atoms with Gasteiger partial charge in [0.15, 0.2) is 0 Å². The van der Waals surface area contributed by atoms with Crippen molar-refractivity contribution in [2.45, 2.75) is 4.90 Å². The maximum atomic E-state index is 12.2. The lowest BCUT2D eigenvalue weighted by Gasteiger charge is -2.12. The first kappa shape index (κ1) is 15.2. The molecule has 0 fully saturated rings. The average Bonchev–Trinajstić information content (AvgIpc) is 2.47. The highest BCUT2D eigenvalue weighted by Crippen LogP contribution is 2.22. The Morgan fingerprint density at radius 3 is 2.67 bits per heavy atom. The Morgan fingerprint density at radius 1 is 1.33 bits per heavy atom. The molecule has 0 saturated heterocycles. The standard InChI is InChI=1S/C11H12BN3O5S/c1-20-11-10(5-8(6-14-11)12(16)17)15-21(18,19)9-3-2-4-13-7-9/h2-7,15-17H,1H3. The van der Waals surface area contributed by atoms with Gasteiger partial charge in [0.05, 0.1) is 7.11 Å². The van der Waals surface area contributed by atoms with E-state index in [-0.39, 0.29) is 21.9 Å². The van der Waals surface area contributed by atoms with Gasteiger partial charge in [-0.15, -0.1) is 0 Å². The number of hydrogen-bond acceptors (Lipinski definition) is 7. The van der Waals surface area contributed by atoms with Crippen LogP contribution in [0.15, 0.2) is 41.7 Å². The van der Waals surface area contributed by atoms with Crippen molar-refractivity contribution in [1.82, 2.24) is 9.97 Å². The van der Waals surface area contributed by atoms with Crippen molar-refractivity contribution in [3.05, 3.63) is 36.8 Å². The molecule has 0 aromatic carbocycles. The van der Waals surface area contributed by atoms with Crippen LogP contribution in [0.2, 0.25) is 0 Å². The summed E-state index contributed by atoms with van der Waals surface area (Å²) in [5, 5.41) is 18.2. The number of anilines is 1. The van der Waals surface area contributed by atoms with E-state index in [9.17, 15) is 8.42 Å². The molecule has 0 aliphatic heterocycles. The first-order chi connectivity index (χ1) is 9.94. The fourth-order valence-corrected chi connectivity index (χ4v) is 2.57. The smallest absolute Gasteiger partial charge is 0.480 e. The van der Waals surface area contributed by atoms with E-state index in [1.165, 1.54) is 43.9 Å². The topological polar surface area (TPSA) is 122 Å². The van der Waals surface area contributed by atoms with Crippen LogP contribution < -0.4 is 14.9 Å². The average molecular weight is 309 g/mol. The second kappa shape index (κ2) is 6.08. The molecule has 110 valence electrons. The van der Waals surface area contributed by atoms with Gasteiger partial charge >= 0.3 is 7.12 Å². The van der Waals surface area contributed by atoms with Gasteiger partial charge in [-0.05, 0) is 18.2 Å². The molecule has 0 saturated carbocycles. The second-order valence-electron chi connectivity index (χ2n) is 3.99. The van der Waals surface area contributed by atoms with Crippen LogP contribution in [-0.2, 0) is 10.0 Å². The van der Waals surface area contributed by atoms with Crippen LogP contribution >= 0.6 is 0 Å². The highest BCUT2D eigenvalue weighted by molar-refractivity contribution is 7.92. The molecule has 8 nitrogen and oxygen atoms in total. The summed E-state index contributed by atoms with van der Waals surface area (Å²) < 4.78 is 31.6. The van der Waals surface area contributed by atoms with Crippen LogP contribution in [0.25, 0.3) is 0 Å². The van der Waals surface area contributed by atoms with Crippen molar-refractivity contribution in [3.63, 3.8) is 0 Å². The molecule has 10 heteroatoms. The predicted octanol–water partition coefficient (Wildman–Crippen LogP) is -1.03. The number of nitrogens with zero attached hydrogens (tertiary/aromatic N) is 2. The summed E-state index contributed by atoms with van der Waals surface area (Å²) in [6, 6.07) is 4.09. The van der Waals surface area contributed by atoms with Crippen molar-refractivity contribution < 1.29 is 23.2 Å². The Labute approximate surface area is 121 Å². The van der Waals surface area contributed by atoms with Crippen molar-refractivity contribution in [3.8, 4) is 5.88 Å². The summed E-state index contributed by atoms with van der Waals surface area (Å²) in [7, 11) is -4.34. The van der Waals surface area contributed by atoms with E-state index in [0.29, 0.717) is 0 Å². The van der Waals surface area contributed by atoms with E-state index >= 15 is 0 Å². The normalized spacial score (nSPS) is 11.0. The monoisotopic (exact) mass is 309 g/mol. The van der Waals surface area contributed by atoms with Gasteiger partial charge < -0.3 is 14.8 Å². The first-order valence-corrected chi connectivity index (χ1v) is 7.25. The molecular formula is C11H12BN3O5S. The third-order valence-corrected chi connectivity index (χ3v) is 3.90. The Balaban J connectivity index is 2.40. The molecule has 21 heavy (non-hydrogen) atoms. The molecule has 2 aromatic heterocycles. The lowest BCUT2D eigenvalue weighted by molar-refractivity contribution is 0.399. The molecule has 3 N–H and O–H groups in total. The Hall–Kier alpha value is -2.17. The number of methoxy groups -OCH3 is 1. The number of ether oxygens (including phenoxy) is 1. The fraction of sp³-hybridized carbons (Fsp3) is 0.0909. The molecular weight excluding hydrogens is 297 g/mol. The minimum Gasteiger partial charge on any atom is -0.480 e. The van der Waals surface area contributed by atoms with E-state index in [4.69, 9.17) is 14.8 Å². The Morgan fingerprint density at radius 2 is 2.10 bits per heavy atom. The molecule has 2 heterocycles. The lowest BCUT2D eigenvalue weighted by atomic mass is 9.81. The van der Waals surface area contributed by atoms with E-state index in [1.54, 1.807) is 0 Å². The molecule has 0 aliphatic carbocycles. The fourth-order valence-electron chi connectivity index (χ4n) is 1.56. The predicted molar refractivity (Wildman–Crippen MR) is 75.7 cm³/mol. The molecule has 0 atom stereocenters. The largest absolute Gasteiger partial charge is 0.490 e. The maximum absolute atomic E-state index is 12.2. The zero-order valence-corrected chi connectivity index (χ0v) is 11.8. The van der Waals surface area contributed by atoms with Gasteiger partial charge in [-0.25, -0.2) is 13.4 Å². The summed E-state index contributed by atoms with van der Waals surface area (Å²) in [6.45, 7) is 0. The minimum absolute atomic E-state index is 0.00636. The summed E-state index contributed by atoms with van der Waals surface area (Å²) in [5.41, 5.74) is 0.0200. The lowest BCUT2D eigenvalue weighted by Crippen LogP contribution is -2.31. The van der Waals surface area contributed by atoms with Gasteiger partial charge in [-0.1, -0.05) is 0 Å². The van der Waals surface area contributed by atoms with Gasteiger partial charge in [0.2, 0.25) is 5.88 Å². The van der Waals surface area contributed by atoms with E-state index in [0.717, 1.165) is 0 Å².